The largest absolute Gasteiger partial charge is 0.588 e. The Kier molecular flexibility index (Phi) is 2.51. The first-order chi connectivity index (χ1) is 5.43. The first-order valence-electron chi connectivity index (χ1n) is 3.07. The normalized spacial score (nSPS) is 14.6. The number of hydrogen-bond acceptors (Lipinski definition) is 4. The van der Waals surface area contributed by atoms with Gasteiger partial charge < -0.3 is 8.97 Å². The summed E-state index contributed by atoms with van der Waals surface area (Å²) in [6, 6.07) is 0. The number of hydrogen-bond donors (Lipinski definition) is 0. The minimum Gasteiger partial charge on any atom is -0.588 e. The molecule has 1 unspecified atom stereocenters. The quantitative estimate of drug-likeness (QED) is 0.524. The van der Waals surface area contributed by atoms with Gasteiger partial charge in [-0.25, -0.2) is 4.79 Å². The Labute approximate surface area is 71.8 Å². The van der Waals surface area contributed by atoms with Crippen LogP contribution in [0.2, 0.25) is 0 Å². The molecule has 0 spiro atoms. The van der Waals surface area contributed by atoms with Crippen LogP contribution >= 0.6 is 6.34 Å². The van der Waals surface area contributed by atoms with E-state index in [-0.39, 0.29) is 0 Å². The van der Waals surface area contributed by atoms with Crippen molar-refractivity contribution in [1.29, 1.82) is 0 Å². The summed E-state index contributed by atoms with van der Waals surface area (Å²) in [4.78, 5) is 10.8. The summed E-state index contributed by atoms with van der Waals surface area (Å²) in [5.41, 5.74) is 0. The number of oxazole rings is 1. The van der Waals surface area contributed by atoms with Crippen molar-refractivity contribution < 1.29 is 13.5 Å². The van der Waals surface area contributed by atoms with Crippen LogP contribution in [-0.2, 0) is 15.5 Å². The lowest BCUT2D eigenvalue weighted by Crippen LogP contribution is -2.22. The van der Waals surface area contributed by atoms with E-state index in [1.54, 1.807) is 0 Å². The fourth-order valence-corrected chi connectivity index (χ4v) is 2.97. The van der Waals surface area contributed by atoms with Gasteiger partial charge in [0.15, 0.2) is 0 Å². The van der Waals surface area contributed by atoms with Crippen molar-refractivity contribution >= 4 is 17.3 Å². The third-order valence-electron chi connectivity index (χ3n) is 1.09. The maximum atomic E-state index is 11.3. The third-order valence-corrected chi connectivity index (χ3v) is 5.23. The first kappa shape index (κ1) is 9.64. The van der Waals surface area contributed by atoms with Crippen LogP contribution in [0.1, 0.15) is 0 Å². The maximum absolute atomic E-state index is 11.3. The van der Waals surface area contributed by atoms with Crippen molar-refractivity contribution in [2.75, 3.05) is 13.3 Å². The predicted molar refractivity (Wildman–Crippen MR) is 46.0 cm³/mol. The van der Waals surface area contributed by atoms with Gasteiger partial charge in [0.25, 0.3) is 6.34 Å². The van der Waals surface area contributed by atoms with E-state index in [0.717, 1.165) is 10.2 Å². The van der Waals surface area contributed by atoms with E-state index in [1.807, 2.05) is 0 Å². The minimum atomic E-state index is -2.80. The van der Waals surface area contributed by atoms with Crippen molar-refractivity contribution in [2.24, 2.45) is 0 Å². The molecular weight excluding hydrogens is 201 g/mol. The molecule has 12 heavy (non-hydrogen) atoms. The summed E-state index contributed by atoms with van der Waals surface area (Å²) in [6.07, 6.45) is -0.484. The third kappa shape index (κ3) is 1.83. The molecule has 5 nitrogen and oxygen atoms in total. The Morgan fingerprint density at radius 1 is 1.67 bits per heavy atom. The SMILES string of the molecule is CP(C)(=O)[S+]([O-])n1ccoc1=O. The zero-order valence-electron chi connectivity index (χ0n) is 6.59. The molecule has 1 aromatic rings. The van der Waals surface area contributed by atoms with Crippen LogP contribution in [-0.4, -0.2) is 21.9 Å². The van der Waals surface area contributed by atoms with Gasteiger partial charge in [-0.15, -0.1) is 0 Å². The molecule has 0 aromatic carbocycles. The van der Waals surface area contributed by atoms with Crippen LogP contribution in [0, 0.1) is 0 Å². The van der Waals surface area contributed by atoms with Gasteiger partial charge in [0.05, 0.1) is 6.20 Å². The molecule has 0 saturated heterocycles. The van der Waals surface area contributed by atoms with E-state index in [0.29, 0.717) is 0 Å². The maximum Gasteiger partial charge on any atom is 0.461 e. The second-order valence-electron chi connectivity index (χ2n) is 2.48. The van der Waals surface area contributed by atoms with E-state index in [2.05, 4.69) is 4.42 Å². The molecule has 1 heterocycles. The van der Waals surface area contributed by atoms with Crippen LogP contribution in [0.5, 0.6) is 0 Å². The van der Waals surface area contributed by atoms with Gasteiger partial charge >= 0.3 is 5.76 Å². The van der Waals surface area contributed by atoms with Crippen molar-refractivity contribution in [3.63, 3.8) is 0 Å². The van der Waals surface area contributed by atoms with Gasteiger partial charge in [0, 0.05) is 13.3 Å². The highest BCUT2D eigenvalue weighted by molar-refractivity contribution is 8.51. The summed E-state index contributed by atoms with van der Waals surface area (Å²) < 4.78 is 27.8. The lowest BCUT2D eigenvalue weighted by atomic mass is 11.0. The topological polar surface area (TPSA) is 75.3 Å². The highest BCUT2D eigenvalue weighted by Crippen LogP contribution is 2.44. The molecule has 0 radical (unpaired) electrons. The fraction of sp³-hybridized carbons (Fsp3) is 0.400. The molecule has 0 N–H and O–H groups in total. The molecule has 0 aliphatic heterocycles. The Balaban J connectivity index is 3.09. The zero-order valence-corrected chi connectivity index (χ0v) is 8.30. The monoisotopic (exact) mass is 209 g/mol. The van der Waals surface area contributed by atoms with Crippen molar-refractivity contribution in [3.8, 4) is 0 Å². The summed E-state index contributed by atoms with van der Waals surface area (Å²) in [5, 5.41) is 0. The summed E-state index contributed by atoms with van der Waals surface area (Å²) in [7, 11) is -1.82. The van der Waals surface area contributed by atoms with E-state index < -0.39 is 23.1 Å². The average Bonchev–Trinajstić information content (AvgIpc) is 2.31. The zero-order chi connectivity index (χ0) is 9.35. The molecule has 0 aliphatic rings. The van der Waals surface area contributed by atoms with E-state index in [1.165, 1.54) is 19.5 Å². The molecule has 7 heteroatoms. The molecule has 1 rings (SSSR count). The van der Waals surface area contributed by atoms with Gasteiger partial charge in [-0.05, 0) is 0 Å². The predicted octanol–water partition coefficient (Wildman–Crippen LogP) is 0.491. The van der Waals surface area contributed by atoms with Gasteiger partial charge in [-0.2, -0.15) is 0 Å². The molecule has 1 atom stereocenters. The van der Waals surface area contributed by atoms with Gasteiger partial charge in [0.1, 0.15) is 17.2 Å². The van der Waals surface area contributed by atoms with E-state index in [9.17, 15) is 13.9 Å². The summed E-state index contributed by atoms with van der Waals surface area (Å²) in [6.45, 7) is 2.70. The minimum absolute atomic E-state index is 0.753. The standard InChI is InChI=1S/C5H8NO4PS/c1-11(2,8)12(9)6-3-4-10-5(6)7/h3-4H,1-2H3. The lowest BCUT2D eigenvalue weighted by Gasteiger charge is -2.11. The van der Waals surface area contributed by atoms with Gasteiger partial charge in [-0.1, -0.05) is 3.97 Å². The Bertz CT molecular complexity index is 364. The molecule has 0 aliphatic carbocycles. The average molecular weight is 209 g/mol. The summed E-state index contributed by atoms with van der Waals surface area (Å²) in [5.74, 6) is -0.753. The Morgan fingerprint density at radius 2 is 2.25 bits per heavy atom. The molecule has 0 amide bonds. The second-order valence-corrected chi connectivity index (χ2v) is 9.41. The Morgan fingerprint density at radius 3 is 2.58 bits per heavy atom. The number of nitrogens with zero attached hydrogens (tertiary/aromatic N) is 1. The molecule has 0 bridgehead atoms. The van der Waals surface area contributed by atoms with E-state index in [4.69, 9.17) is 0 Å². The number of rotatable bonds is 2. The van der Waals surface area contributed by atoms with Crippen LogP contribution in [0.4, 0.5) is 0 Å². The van der Waals surface area contributed by atoms with Crippen molar-refractivity contribution in [2.45, 2.75) is 0 Å². The highest BCUT2D eigenvalue weighted by Gasteiger charge is 2.28. The highest BCUT2D eigenvalue weighted by atomic mass is 32.8. The molecular formula is C5H8NO4PS. The van der Waals surface area contributed by atoms with Crippen molar-refractivity contribution in [3.05, 3.63) is 23.0 Å². The molecule has 68 valence electrons. The van der Waals surface area contributed by atoms with Crippen LogP contribution in [0.25, 0.3) is 0 Å². The van der Waals surface area contributed by atoms with Gasteiger partial charge in [-0.3, -0.25) is 4.57 Å². The molecule has 0 fully saturated rings. The van der Waals surface area contributed by atoms with Crippen LogP contribution < -0.4 is 5.76 Å². The van der Waals surface area contributed by atoms with Gasteiger partial charge in [0.2, 0.25) is 0 Å². The smallest absolute Gasteiger partial charge is 0.461 e. The fourth-order valence-electron chi connectivity index (χ4n) is 0.584. The summed E-state index contributed by atoms with van der Waals surface area (Å²) >= 11 is 0. The Hall–Kier alpha value is -0.450. The molecule has 1 aromatic heterocycles. The first-order valence-corrected chi connectivity index (χ1v) is 7.38. The lowest BCUT2D eigenvalue weighted by molar-refractivity contribution is 0.504. The van der Waals surface area contributed by atoms with Crippen molar-refractivity contribution in [1.82, 2.24) is 3.97 Å². The van der Waals surface area contributed by atoms with E-state index >= 15 is 0 Å². The molecule has 0 saturated carbocycles. The van der Waals surface area contributed by atoms with Crippen LogP contribution in [0.15, 0.2) is 21.7 Å². The number of aromatic nitrogens is 1. The van der Waals surface area contributed by atoms with Crippen LogP contribution in [0.3, 0.4) is 0 Å². The second kappa shape index (κ2) is 3.12.